The second-order valence-corrected chi connectivity index (χ2v) is 11.3. The molecule has 46 heavy (non-hydrogen) atoms. The Bertz CT molecular complexity index is 2600. The number of hydrogen-bond acceptors (Lipinski definition) is 3. The molecule has 10 rings (SSSR count). The van der Waals surface area contributed by atoms with Gasteiger partial charge in [-0.25, -0.2) is 0 Å². The van der Waals surface area contributed by atoms with E-state index in [-0.39, 0.29) is 20.1 Å². The Morgan fingerprint density at radius 3 is 2.26 bits per heavy atom. The number of benzene rings is 5. The normalized spacial score (nSPS) is 11.4. The molecule has 5 heterocycles. The first-order chi connectivity index (χ1) is 22.2. The first-order valence-corrected chi connectivity index (χ1v) is 15.0. The van der Waals surface area contributed by atoms with Crippen LogP contribution >= 0.6 is 0 Å². The van der Waals surface area contributed by atoms with Gasteiger partial charge in [0, 0.05) is 59.6 Å². The third-order valence-corrected chi connectivity index (χ3v) is 8.59. The Hall–Kier alpha value is -5.35. The second kappa shape index (κ2) is 11.2. The summed E-state index contributed by atoms with van der Waals surface area (Å²) in [6.45, 7) is 2.06. The van der Waals surface area contributed by atoms with Crippen molar-refractivity contribution in [3.05, 3.63) is 151 Å². The molecule has 4 nitrogen and oxygen atoms in total. The van der Waals surface area contributed by atoms with Gasteiger partial charge in [0.15, 0.2) is 0 Å². The number of para-hydroxylation sites is 2. The van der Waals surface area contributed by atoms with Crippen LogP contribution in [-0.4, -0.2) is 14.4 Å². The Morgan fingerprint density at radius 2 is 1.43 bits per heavy atom. The number of fused-ring (bicyclic) bond motifs is 10. The topological polar surface area (TPSA) is 43.3 Å². The molecule has 0 saturated carbocycles. The smallest absolute Gasteiger partial charge is 0.136 e. The molecular formula is C41H25IrN3O-2. The summed E-state index contributed by atoms with van der Waals surface area (Å²) >= 11 is 0. The first-order valence-electron chi connectivity index (χ1n) is 15.0. The fourth-order valence-corrected chi connectivity index (χ4v) is 6.57. The van der Waals surface area contributed by atoms with Gasteiger partial charge in [0.05, 0.1) is 5.52 Å². The van der Waals surface area contributed by atoms with E-state index in [1.54, 1.807) is 6.20 Å². The summed E-state index contributed by atoms with van der Waals surface area (Å²) in [6.07, 6.45) is 3.70. The zero-order valence-electron chi connectivity index (χ0n) is 24.8. The summed E-state index contributed by atoms with van der Waals surface area (Å²) in [5.41, 5.74) is 10.6. The number of pyridine rings is 2. The van der Waals surface area contributed by atoms with E-state index >= 15 is 0 Å². The molecule has 5 aromatic heterocycles. The first kappa shape index (κ1) is 28.1. The maximum atomic E-state index is 6.19. The van der Waals surface area contributed by atoms with Gasteiger partial charge in [-0.3, -0.25) is 0 Å². The Labute approximate surface area is 278 Å². The van der Waals surface area contributed by atoms with Gasteiger partial charge in [-0.1, -0.05) is 66.0 Å². The van der Waals surface area contributed by atoms with Crippen molar-refractivity contribution in [1.29, 1.82) is 0 Å². The Kier molecular flexibility index (Phi) is 6.87. The van der Waals surface area contributed by atoms with E-state index in [0.717, 1.165) is 44.6 Å². The van der Waals surface area contributed by atoms with Gasteiger partial charge >= 0.3 is 0 Å². The van der Waals surface area contributed by atoms with Gasteiger partial charge < -0.3 is 18.8 Å². The third-order valence-electron chi connectivity index (χ3n) is 8.59. The van der Waals surface area contributed by atoms with E-state index in [2.05, 4.69) is 100 Å². The van der Waals surface area contributed by atoms with Crippen molar-refractivity contribution >= 4 is 60.0 Å². The number of hydrogen-bond donors (Lipinski definition) is 0. The van der Waals surface area contributed by atoms with E-state index in [4.69, 9.17) is 4.42 Å². The molecule has 1 radical (unpaired) electrons. The van der Waals surface area contributed by atoms with Crippen LogP contribution in [0.1, 0.15) is 5.56 Å². The molecule has 221 valence electrons. The predicted octanol–water partition coefficient (Wildman–Crippen LogP) is 10.5. The quantitative estimate of drug-likeness (QED) is 0.165. The van der Waals surface area contributed by atoms with Crippen LogP contribution in [-0.2, 0) is 20.1 Å². The summed E-state index contributed by atoms with van der Waals surface area (Å²) in [4.78, 5) is 8.84. The minimum Gasteiger partial charge on any atom is -0.456 e. The Balaban J connectivity index is 0.000000204. The molecule has 0 amide bonds. The van der Waals surface area contributed by atoms with Crippen molar-refractivity contribution in [2.45, 2.75) is 6.92 Å². The van der Waals surface area contributed by atoms with Gasteiger partial charge in [-0.2, -0.15) is 0 Å². The van der Waals surface area contributed by atoms with Crippen molar-refractivity contribution in [3.8, 4) is 22.5 Å². The van der Waals surface area contributed by atoms with Crippen molar-refractivity contribution in [3.63, 3.8) is 0 Å². The van der Waals surface area contributed by atoms with Gasteiger partial charge in [-0.05, 0) is 59.0 Å². The average molecular weight is 768 g/mol. The average Bonchev–Trinajstić information content (AvgIpc) is 3.76. The number of aryl methyl sites for hydroxylation is 1. The SMILES string of the molecule is Cc1ccc(-c2[c-]cc3c(c2)c2cccc4c5c6c(ccc5n3c24)oc2ccccc26)nc1.[Ir].[c-]1ccccc1-c1ccccn1. The zero-order valence-corrected chi connectivity index (χ0v) is 27.2. The van der Waals surface area contributed by atoms with Crippen LogP contribution in [0.5, 0.6) is 0 Å². The molecule has 0 atom stereocenters. The van der Waals surface area contributed by atoms with Crippen LogP contribution in [0.4, 0.5) is 0 Å². The summed E-state index contributed by atoms with van der Waals surface area (Å²) < 4.78 is 8.58. The standard InChI is InChI=1S/C30H17N2O.C11H8N.Ir/c1-17-9-11-23(31-16-17)18-10-12-24-22(15-18)19-6-4-7-21-28-25(32(24)30(19)21)13-14-27-29(28)20-5-2-3-8-26(20)33-27;1-2-6-10(7-3-1)11-8-4-5-9-12-11;/h2-9,11-16H,1H3;1-6,8-9H;/q2*-1;. The van der Waals surface area contributed by atoms with Crippen LogP contribution < -0.4 is 0 Å². The van der Waals surface area contributed by atoms with E-state index in [1.807, 2.05) is 60.8 Å². The molecule has 0 spiro atoms. The molecule has 5 heteroatoms. The van der Waals surface area contributed by atoms with Crippen molar-refractivity contribution in [2.24, 2.45) is 0 Å². The summed E-state index contributed by atoms with van der Waals surface area (Å²) in [5, 5.41) is 7.34. The van der Waals surface area contributed by atoms with Crippen molar-refractivity contribution in [2.75, 3.05) is 0 Å². The van der Waals surface area contributed by atoms with Gasteiger partial charge in [0.1, 0.15) is 11.2 Å². The molecule has 5 aromatic carbocycles. The predicted molar refractivity (Wildman–Crippen MR) is 184 cm³/mol. The molecule has 0 saturated heterocycles. The van der Waals surface area contributed by atoms with E-state index in [0.29, 0.717) is 0 Å². The van der Waals surface area contributed by atoms with Gasteiger partial charge in [0.2, 0.25) is 0 Å². The molecule has 0 N–H and O–H groups in total. The fraction of sp³-hybridized carbons (Fsp3) is 0.0244. The summed E-state index contributed by atoms with van der Waals surface area (Å²) in [5.74, 6) is 0. The number of furan rings is 1. The van der Waals surface area contributed by atoms with Crippen LogP contribution in [0.15, 0.2) is 138 Å². The number of nitrogens with zero attached hydrogens (tertiary/aromatic N) is 3. The summed E-state index contributed by atoms with van der Waals surface area (Å²) in [6, 6.07) is 48.0. The monoisotopic (exact) mass is 768 g/mol. The zero-order chi connectivity index (χ0) is 29.9. The largest absolute Gasteiger partial charge is 0.456 e. The molecule has 0 aliphatic rings. The van der Waals surface area contributed by atoms with E-state index < -0.39 is 0 Å². The van der Waals surface area contributed by atoms with Crippen LogP contribution in [0.25, 0.3) is 82.5 Å². The molecule has 0 unspecified atom stereocenters. The fourth-order valence-electron chi connectivity index (χ4n) is 6.57. The van der Waals surface area contributed by atoms with E-state index in [1.165, 1.54) is 43.5 Å². The maximum absolute atomic E-state index is 6.19. The Morgan fingerprint density at radius 1 is 0.609 bits per heavy atom. The molecular weight excluding hydrogens is 743 g/mol. The van der Waals surface area contributed by atoms with Gasteiger partial charge in [0.25, 0.3) is 0 Å². The maximum Gasteiger partial charge on any atom is 0.136 e. The second-order valence-electron chi connectivity index (χ2n) is 11.3. The number of rotatable bonds is 2. The van der Waals surface area contributed by atoms with Crippen molar-refractivity contribution in [1.82, 2.24) is 14.4 Å². The molecule has 0 bridgehead atoms. The molecule has 0 aliphatic heterocycles. The van der Waals surface area contributed by atoms with Crippen LogP contribution in [0, 0.1) is 19.1 Å². The van der Waals surface area contributed by atoms with Crippen LogP contribution in [0.3, 0.4) is 0 Å². The van der Waals surface area contributed by atoms with Crippen LogP contribution in [0.2, 0.25) is 0 Å². The molecule has 10 aromatic rings. The third kappa shape index (κ3) is 4.39. The number of aromatic nitrogens is 3. The molecule has 0 aliphatic carbocycles. The van der Waals surface area contributed by atoms with Crippen molar-refractivity contribution < 1.29 is 24.5 Å². The minimum atomic E-state index is 0. The summed E-state index contributed by atoms with van der Waals surface area (Å²) in [7, 11) is 0. The van der Waals surface area contributed by atoms with Gasteiger partial charge in [-0.15, -0.1) is 59.7 Å². The minimum absolute atomic E-state index is 0. The van der Waals surface area contributed by atoms with E-state index in [9.17, 15) is 0 Å². The molecule has 0 fully saturated rings.